The number of nitro benzene ring substituents is 1. The van der Waals surface area contributed by atoms with Crippen molar-refractivity contribution in [2.45, 2.75) is 13.8 Å². The highest BCUT2D eigenvalue weighted by Crippen LogP contribution is 2.23. The van der Waals surface area contributed by atoms with E-state index in [2.05, 4.69) is 0 Å². The van der Waals surface area contributed by atoms with Crippen LogP contribution in [-0.2, 0) is 4.74 Å². The maximum atomic E-state index is 12.1. The molecule has 0 spiro atoms. The summed E-state index contributed by atoms with van der Waals surface area (Å²) in [6.07, 6.45) is 0. The molecule has 124 valence electrons. The van der Waals surface area contributed by atoms with E-state index in [0.717, 1.165) is 6.07 Å². The number of rotatable bonds is 5. The second kappa shape index (κ2) is 6.91. The number of hydrogen-bond acceptors (Lipinski definition) is 6. The number of carbonyl (C=O) groups excluding carboxylic acids is 2. The molecule has 0 radical (unpaired) electrons. The molecular formula is C17H15NO6. The summed E-state index contributed by atoms with van der Waals surface area (Å²) in [4.78, 5) is 34.3. The highest BCUT2D eigenvalue weighted by Gasteiger charge is 2.18. The molecule has 0 aliphatic rings. The van der Waals surface area contributed by atoms with Gasteiger partial charge in [-0.15, -0.1) is 0 Å². The molecule has 7 heteroatoms. The number of benzene rings is 2. The molecule has 0 aromatic heterocycles. The third kappa shape index (κ3) is 3.57. The molecule has 2 aromatic rings. The average molecular weight is 329 g/mol. The van der Waals surface area contributed by atoms with E-state index in [1.165, 1.54) is 18.2 Å². The molecule has 7 nitrogen and oxygen atoms in total. The van der Waals surface area contributed by atoms with E-state index in [1.807, 2.05) is 0 Å². The quantitative estimate of drug-likeness (QED) is 0.391. The standard InChI is InChI=1S/C17H15NO6/c1-10-6-7-12(8-14(10)18(22)23)15(19)9-24-17(21)13-5-3-4-11(2)16(13)20/h3-8,20H,9H2,1-2H3. The summed E-state index contributed by atoms with van der Waals surface area (Å²) in [5.41, 5.74) is 0.790. The molecule has 0 unspecified atom stereocenters. The van der Waals surface area contributed by atoms with Crippen LogP contribution < -0.4 is 0 Å². The van der Waals surface area contributed by atoms with E-state index in [4.69, 9.17) is 4.74 Å². The SMILES string of the molecule is Cc1ccc(C(=O)COC(=O)c2cccc(C)c2O)cc1[N+](=O)[O-]. The van der Waals surface area contributed by atoms with Crippen molar-refractivity contribution < 1.29 is 24.4 Å². The van der Waals surface area contributed by atoms with Gasteiger partial charge in [-0.25, -0.2) is 4.79 Å². The van der Waals surface area contributed by atoms with E-state index in [9.17, 15) is 24.8 Å². The number of ether oxygens (including phenoxy) is 1. The molecule has 2 aromatic carbocycles. The molecular weight excluding hydrogens is 314 g/mol. The summed E-state index contributed by atoms with van der Waals surface area (Å²) in [5, 5.41) is 20.7. The van der Waals surface area contributed by atoms with Crippen LogP contribution in [0.3, 0.4) is 0 Å². The van der Waals surface area contributed by atoms with Gasteiger partial charge in [-0.05, 0) is 25.5 Å². The van der Waals surface area contributed by atoms with E-state index in [-0.39, 0.29) is 22.6 Å². The predicted octanol–water partition coefficient (Wildman–Crippen LogP) is 2.96. The van der Waals surface area contributed by atoms with E-state index in [0.29, 0.717) is 11.1 Å². The zero-order valence-corrected chi connectivity index (χ0v) is 13.1. The molecule has 0 atom stereocenters. The van der Waals surface area contributed by atoms with Gasteiger partial charge in [0.25, 0.3) is 5.69 Å². The molecule has 24 heavy (non-hydrogen) atoms. The lowest BCUT2D eigenvalue weighted by Gasteiger charge is -2.07. The van der Waals surface area contributed by atoms with Crippen LogP contribution in [0.5, 0.6) is 5.75 Å². The van der Waals surface area contributed by atoms with Gasteiger partial charge in [0.2, 0.25) is 5.78 Å². The number of Topliss-reactive ketones (excluding diaryl/α,β-unsaturated/α-hetero) is 1. The first-order valence-electron chi connectivity index (χ1n) is 7.05. The number of nitro groups is 1. The normalized spacial score (nSPS) is 10.2. The van der Waals surface area contributed by atoms with Crippen LogP contribution in [0, 0.1) is 24.0 Å². The summed E-state index contributed by atoms with van der Waals surface area (Å²) in [5.74, 6) is -1.62. The van der Waals surface area contributed by atoms with Gasteiger partial charge in [0, 0.05) is 17.2 Å². The number of carbonyl (C=O) groups is 2. The molecule has 0 aliphatic heterocycles. The summed E-state index contributed by atoms with van der Waals surface area (Å²) in [7, 11) is 0. The molecule has 0 aliphatic carbocycles. The van der Waals surface area contributed by atoms with Crippen molar-refractivity contribution in [3.8, 4) is 5.75 Å². The summed E-state index contributed by atoms with van der Waals surface area (Å²) in [6, 6.07) is 8.63. The maximum absolute atomic E-state index is 12.1. The Hall–Kier alpha value is -3.22. The van der Waals surface area contributed by atoms with Gasteiger partial charge in [0.1, 0.15) is 11.3 Å². The average Bonchev–Trinajstić information content (AvgIpc) is 2.55. The van der Waals surface area contributed by atoms with Crippen LogP contribution in [0.2, 0.25) is 0 Å². The number of phenolic OH excluding ortho intramolecular Hbond substituents is 1. The predicted molar refractivity (Wildman–Crippen MR) is 85.3 cm³/mol. The molecule has 0 heterocycles. The minimum absolute atomic E-state index is 0.0438. The van der Waals surface area contributed by atoms with Crippen molar-refractivity contribution in [2.24, 2.45) is 0 Å². The fraction of sp³-hybridized carbons (Fsp3) is 0.176. The first-order chi connectivity index (χ1) is 11.3. The van der Waals surface area contributed by atoms with Gasteiger partial charge in [0.05, 0.1) is 4.92 Å². The molecule has 2 rings (SSSR count). The molecule has 0 saturated carbocycles. The second-order valence-corrected chi connectivity index (χ2v) is 5.23. The number of phenols is 1. The van der Waals surface area contributed by atoms with Gasteiger partial charge in [-0.1, -0.05) is 24.3 Å². The third-order valence-electron chi connectivity index (χ3n) is 3.52. The van der Waals surface area contributed by atoms with E-state index in [1.54, 1.807) is 26.0 Å². The second-order valence-electron chi connectivity index (χ2n) is 5.23. The number of aromatic hydroxyl groups is 1. The molecule has 0 saturated heterocycles. The van der Waals surface area contributed by atoms with E-state index < -0.39 is 23.3 Å². The lowest BCUT2D eigenvalue weighted by atomic mass is 10.1. The van der Waals surface area contributed by atoms with Crippen LogP contribution in [-0.4, -0.2) is 28.4 Å². The molecule has 0 bridgehead atoms. The number of aryl methyl sites for hydroxylation is 2. The number of ketones is 1. The number of para-hydroxylation sites is 1. The Morgan fingerprint density at radius 1 is 1.17 bits per heavy atom. The zero-order chi connectivity index (χ0) is 17.9. The molecule has 1 N–H and O–H groups in total. The lowest BCUT2D eigenvalue weighted by Crippen LogP contribution is -2.15. The first kappa shape index (κ1) is 17.1. The van der Waals surface area contributed by atoms with Gasteiger partial charge in [-0.3, -0.25) is 14.9 Å². The Kier molecular flexibility index (Phi) is 4.93. The Labute approximate surface area is 137 Å². The fourth-order valence-electron chi connectivity index (χ4n) is 2.10. The minimum atomic E-state index is -0.842. The van der Waals surface area contributed by atoms with E-state index >= 15 is 0 Å². The minimum Gasteiger partial charge on any atom is -0.507 e. The van der Waals surface area contributed by atoms with Crippen LogP contribution >= 0.6 is 0 Å². The van der Waals surface area contributed by atoms with Gasteiger partial charge in [0.15, 0.2) is 6.61 Å². The maximum Gasteiger partial charge on any atom is 0.342 e. The van der Waals surface area contributed by atoms with Crippen molar-refractivity contribution >= 4 is 17.4 Å². The monoisotopic (exact) mass is 329 g/mol. The lowest BCUT2D eigenvalue weighted by molar-refractivity contribution is -0.385. The highest BCUT2D eigenvalue weighted by atomic mass is 16.6. The summed E-state index contributed by atoms with van der Waals surface area (Å²) in [6.45, 7) is 2.61. The van der Waals surface area contributed by atoms with Crippen LogP contribution in [0.15, 0.2) is 36.4 Å². The van der Waals surface area contributed by atoms with Gasteiger partial charge < -0.3 is 9.84 Å². The Morgan fingerprint density at radius 2 is 1.88 bits per heavy atom. The Morgan fingerprint density at radius 3 is 2.54 bits per heavy atom. The van der Waals surface area contributed by atoms with Crippen molar-refractivity contribution in [3.63, 3.8) is 0 Å². The highest BCUT2D eigenvalue weighted by molar-refractivity contribution is 6.00. The third-order valence-corrected chi connectivity index (χ3v) is 3.52. The van der Waals surface area contributed by atoms with Crippen LogP contribution in [0.1, 0.15) is 31.8 Å². The van der Waals surface area contributed by atoms with Crippen LogP contribution in [0.4, 0.5) is 5.69 Å². The largest absolute Gasteiger partial charge is 0.507 e. The number of hydrogen-bond donors (Lipinski definition) is 1. The topological polar surface area (TPSA) is 107 Å². The zero-order valence-electron chi connectivity index (χ0n) is 13.1. The van der Waals surface area contributed by atoms with Crippen molar-refractivity contribution in [3.05, 3.63) is 68.8 Å². The number of nitrogens with zero attached hydrogens (tertiary/aromatic N) is 1. The van der Waals surface area contributed by atoms with Gasteiger partial charge >= 0.3 is 5.97 Å². The van der Waals surface area contributed by atoms with Crippen molar-refractivity contribution in [2.75, 3.05) is 6.61 Å². The van der Waals surface area contributed by atoms with Gasteiger partial charge in [-0.2, -0.15) is 0 Å². The fourth-order valence-corrected chi connectivity index (χ4v) is 2.10. The Bertz CT molecular complexity index is 828. The summed E-state index contributed by atoms with van der Waals surface area (Å²) < 4.78 is 4.89. The first-order valence-corrected chi connectivity index (χ1v) is 7.05. The number of esters is 1. The van der Waals surface area contributed by atoms with Crippen LogP contribution in [0.25, 0.3) is 0 Å². The molecule has 0 amide bonds. The smallest absolute Gasteiger partial charge is 0.342 e. The Balaban J connectivity index is 2.11. The molecule has 0 fully saturated rings. The summed E-state index contributed by atoms with van der Waals surface area (Å²) >= 11 is 0. The van der Waals surface area contributed by atoms with Crippen molar-refractivity contribution in [1.29, 1.82) is 0 Å². The van der Waals surface area contributed by atoms with Crippen molar-refractivity contribution in [1.82, 2.24) is 0 Å².